The fraction of sp³-hybridized carbons (Fsp3) is 0.0833. The van der Waals surface area contributed by atoms with Crippen molar-refractivity contribution in [2.75, 3.05) is 0 Å². The van der Waals surface area contributed by atoms with Gasteiger partial charge in [-0.1, -0.05) is 24.4 Å². The number of fused-ring (bicyclic) bond motifs is 3. The van der Waals surface area contributed by atoms with E-state index in [4.69, 9.17) is 17.3 Å². The lowest BCUT2D eigenvalue weighted by Crippen LogP contribution is -2.21. The Balaban J connectivity index is 2.28. The molecule has 0 amide bonds. The highest BCUT2D eigenvalue weighted by molar-refractivity contribution is 7.80. The van der Waals surface area contributed by atoms with Crippen molar-refractivity contribution in [2.45, 2.75) is 6.54 Å². The molecule has 6 heteroatoms. The number of carboxylic acids is 1. The first-order valence-electron chi connectivity index (χ1n) is 5.35. The highest BCUT2D eigenvalue weighted by Crippen LogP contribution is 2.22. The average Bonchev–Trinajstić information content (AvgIpc) is 2.74. The summed E-state index contributed by atoms with van der Waals surface area (Å²) in [5, 5.41) is 12.1. The zero-order valence-electron chi connectivity index (χ0n) is 9.25. The van der Waals surface area contributed by atoms with Crippen LogP contribution in [0.25, 0.3) is 5.69 Å². The lowest BCUT2D eigenvalue weighted by molar-refractivity contribution is 0.0689. The number of carbonyl (C=O) groups is 1. The Morgan fingerprint density at radius 1 is 1.44 bits per heavy atom. The molecule has 0 aliphatic carbocycles. The largest absolute Gasteiger partial charge is 0.476 e. The van der Waals surface area contributed by atoms with Gasteiger partial charge in [0.05, 0.1) is 17.9 Å². The number of imidazole rings is 1. The molecule has 3 rings (SSSR count). The van der Waals surface area contributed by atoms with Gasteiger partial charge in [0.25, 0.3) is 0 Å². The fourth-order valence-electron chi connectivity index (χ4n) is 2.06. The third-order valence-corrected chi connectivity index (χ3v) is 3.26. The zero-order chi connectivity index (χ0) is 12.7. The molecule has 1 aliphatic heterocycles. The summed E-state index contributed by atoms with van der Waals surface area (Å²) in [4.78, 5) is 15.7. The first-order chi connectivity index (χ1) is 8.68. The zero-order valence-corrected chi connectivity index (χ0v) is 10.1. The monoisotopic (exact) mass is 259 g/mol. The highest BCUT2D eigenvalue weighted by Gasteiger charge is 2.22. The van der Waals surface area contributed by atoms with Crippen molar-refractivity contribution in [3.63, 3.8) is 0 Å². The SMILES string of the molecule is O=C(O)c1ncn2c1CNC(=S)c1ccccc1-2. The van der Waals surface area contributed by atoms with Crippen LogP contribution in [-0.4, -0.2) is 25.6 Å². The van der Waals surface area contributed by atoms with Crippen LogP contribution in [0.3, 0.4) is 0 Å². The predicted octanol–water partition coefficient (Wildman–Crippen LogP) is 1.35. The summed E-state index contributed by atoms with van der Waals surface area (Å²) in [5.41, 5.74) is 2.39. The Hall–Kier alpha value is -2.21. The van der Waals surface area contributed by atoms with Crippen LogP contribution in [0, 0.1) is 0 Å². The molecule has 0 spiro atoms. The highest BCUT2D eigenvalue weighted by atomic mass is 32.1. The first kappa shape index (κ1) is 10.9. The molecule has 2 N–H and O–H groups in total. The Morgan fingerprint density at radius 3 is 3.00 bits per heavy atom. The molecule has 1 aromatic heterocycles. The second kappa shape index (κ2) is 3.92. The maximum absolute atomic E-state index is 11.1. The third kappa shape index (κ3) is 1.50. The van der Waals surface area contributed by atoms with Crippen LogP contribution in [0.2, 0.25) is 0 Å². The van der Waals surface area contributed by atoms with Crippen molar-refractivity contribution in [2.24, 2.45) is 0 Å². The maximum atomic E-state index is 11.1. The lowest BCUT2D eigenvalue weighted by Gasteiger charge is -2.07. The van der Waals surface area contributed by atoms with Crippen LogP contribution >= 0.6 is 12.2 Å². The number of benzene rings is 1. The summed E-state index contributed by atoms with van der Waals surface area (Å²) in [7, 11) is 0. The lowest BCUT2D eigenvalue weighted by atomic mass is 10.2. The van der Waals surface area contributed by atoms with Gasteiger partial charge in [-0.25, -0.2) is 9.78 Å². The van der Waals surface area contributed by atoms with E-state index >= 15 is 0 Å². The van der Waals surface area contributed by atoms with Crippen molar-refractivity contribution < 1.29 is 9.90 Å². The van der Waals surface area contributed by atoms with Crippen molar-refractivity contribution in [3.05, 3.63) is 47.5 Å². The van der Waals surface area contributed by atoms with Gasteiger partial charge in [0.1, 0.15) is 11.3 Å². The molecule has 0 saturated carbocycles. The number of hydrogen-bond acceptors (Lipinski definition) is 3. The second-order valence-corrected chi connectivity index (χ2v) is 4.32. The van der Waals surface area contributed by atoms with Gasteiger partial charge in [-0.15, -0.1) is 0 Å². The number of carboxylic acid groups (broad SMARTS) is 1. The van der Waals surface area contributed by atoms with Gasteiger partial charge >= 0.3 is 5.97 Å². The van der Waals surface area contributed by atoms with Gasteiger partial charge in [-0.2, -0.15) is 0 Å². The molecule has 0 atom stereocenters. The predicted molar refractivity (Wildman–Crippen MR) is 69.1 cm³/mol. The molecule has 18 heavy (non-hydrogen) atoms. The van der Waals surface area contributed by atoms with Crippen LogP contribution in [0.15, 0.2) is 30.6 Å². The summed E-state index contributed by atoms with van der Waals surface area (Å²) >= 11 is 5.28. The molecule has 5 nitrogen and oxygen atoms in total. The standard InChI is InChI=1S/C12H9N3O2S/c16-12(17)10-9-5-13-11(18)7-3-1-2-4-8(7)15(9)6-14-10/h1-4,6H,5H2,(H,13,18)(H,16,17). The van der Waals surface area contributed by atoms with E-state index in [0.717, 1.165) is 11.3 Å². The van der Waals surface area contributed by atoms with Gasteiger partial charge in [0.2, 0.25) is 0 Å². The van der Waals surface area contributed by atoms with Crippen molar-refractivity contribution in [1.29, 1.82) is 0 Å². The molecule has 0 saturated heterocycles. The minimum absolute atomic E-state index is 0.0574. The van der Waals surface area contributed by atoms with Crippen molar-refractivity contribution in [1.82, 2.24) is 14.9 Å². The van der Waals surface area contributed by atoms with E-state index in [1.807, 2.05) is 24.3 Å². The average molecular weight is 259 g/mol. The number of para-hydroxylation sites is 1. The molecule has 2 heterocycles. The van der Waals surface area contributed by atoms with E-state index < -0.39 is 5.97 Å². The summed E-state index contributed by atoms with van der Waals surface area (Å²) in [5.74, 6) is -1.03. The van der Waals surface area contributed by atoms with Crippen LogP contribution in [0.4, 0.5) is 0 Å². The van der Waals surface area contributed by atoms with Gasteiger partial charge < -0.3 is 10.4 Å². The molecule has 90 valence electrons. The normalized spacial score (nSPS) is 13.2. The number of nitrogens with zero attached hydrogens (tertiary/aromatic N) is 2. The quantitative estimate of drug-likeness (QED) is 0.757. The molecular weight excluding hydrogens is 250 g/mol. The van der Waals surface area contributed by atoms with Gasteiger partial charge in [0.15, 0.2) is 5.69 Å². The Morgan fingerprint density at radius 2 is 2.22 bits per heavy atom. The van der Waals surface area contributed by atoms with E-state index in [1.54, 1.807) is 4.57 Å². The van der Waals surface area contributed by atoms with Gasteiger partial charge in [-0.05, 0) is 12.1 Å². The number of hydrogen-bond donors (Lipinski definition) is 2. The van der Waals surface area contributed by atoms with E-state index in [0.29, 0.717) is 17.2 Å². The minimum atomic E-state index is -1.03. The number of aromatic nitrogens is 2. The Kier molecular flexibility index (Phi) is 2.38. The maximum Gasteiger partial charge on any atom is 0.356 e. The number of rotatable bonds is 1. The molecule has 0 radical (unpaired) electrons. The fourth-order valence-corrected chi connectivity index (χ4v) is 2.31. The molecule has 0 fully saturated rings. The van der Waals surface area contributed by atoms with Crippen LogP contribution < -0.4 is 5.32 Å². The third-order valence-electron chi connectivity index (χ3n) is 2.89. The number of nitrogens with one attached hydrogen (secondary N) is 1. The second-order valence-electron chi connectivity index (χ2n) is 3.91. The number of thiocarbonyl (C=S) groups is 1. The number of aromatic carboxylic acids is 1. The molecule has 2 aromatic rings. The first-order valence-corrected chi connectivity index (χ1v) is 5.76. The van der Waals surface area contributed by atoms with E-state index in [1.165, 1.54) is 6.33 Å². The molecule has 1 aromatic carbocycles. The van der Waals surface area contributed by atoms with Crippen LogP contribution in [-0.2, 0) is 6.54 Å². The van der Waals surface area contributed by atoms with E-state index in [9.17, 15) is 4.79 Å². The summed E-state index contributed by atoms with van der Waals surface area (Å²) in [6.45, 7) is 0.356. The van der Waals surface area contributed by atoms with Crippen molar-refractivity contribution >= 4 is 23.2 Å². The van der Waals surface area contributed by atoms with E-state index in [-0.39, 0.29) is 5.69 Å². The summed E-state index contributed by atoms with van der Waals surface area (Å²) < 4.78 is 1.77. The van der Waals surface area contributed by atoms with E-state index in [2.05, 4.69) is 10.3 Å². The van der Waals surface area contributed by atoms with Crippen molar-refractivity contribution in [3.8, 4) is 5.69 Å². The molecule has 0 unspecified atom stereocenters. The summed E-state index contributed by atoms with van der Waals surface area (Å²) in [6.07, 6.45) is 1.52. The van der Waals surface area contributed by atoms with Crippen LogP contribution in [0.5, 0.6) is 0 Å². The molecular formula is C12H9N3O2S. The molecule has 1 aliphatic rings. The van der Waals surface area contributed by atoms with Crippen LogP contribution in [0.1, 0.15) is 21.7 Å². The van der Waals surface area contributed by atoms with Gasteiger partial charge in [-0.3, -0.25) is 4.57 Å². The minimum Gasteiger partial charge on any atom is -0.476 e. The van der Waals surface area contributed by atoms with Gasteiger partial charge in [0, 0.05) is 5.56 Å². The topological polar surface area (TPSA) is 67.1 Å². The summed E-state index contributed by atoms with van der Waals surface area (Å²) in [6, 6.07) is 7.58. The Bertz CT molecular complexity index is 663. The Labute approximate surface area is 108 Å². The molecule has 0 bridgehead atoms. The smallest absolute Gasteiger partial charge is 0.356 e.